The molecule has 2 fully saturated rings. The average Bonchev–Trinajstić information content (AvgIpc) is 2.86. The lowest BCUT2D eigenvalue weighted by Crippen LogP contribution is -2.40. The number of nitrogens with one attached hydrogen (secondary N) is 1. The summed E-state index contributed by atoms with van der Waals surface area (Å²) < 4.78 is 0. The van der Waals surface area contributed by atoms with Crippen molar-refractivity contribution in [3.05, 3.63) is 0 Å². The van der Waals surface area contributed by atoms with Crippen LogP contribution in [0.2, 0.25) is 0 Å². The number of hydrogen-bond donors (Lipinski definition) is 2. The summed E-state index contributed by atoms with van der Waals surface area (Å²) in [7, 11) is 0. The molecular weight excluding hydrogens is 240 g/mol. The third kappa shape index (κ3) is 3.35. The highest BCUT2D eigenvalue weighted by molar-refractivity contribution is 8.00. The second-order valence-electron chi connectivity index (χ2n) is 4.63. The quantitative estimate of drug-likeness (QED) is 0.732. The van der Waals surface area contributed by atoms with E-state index in [1.54, 1.807) is 4.90 Å². The van der Waals surface area contributed by atoms with Crippen molar-refractivity contribution in [1.29, 1.82) is 0 Å². The maximum absolute atomic E-state index is 11.6. The molecule has 2 rings (SSSR count). The molecule has 1 aliphatic carbocycles. The number of thioether (sulfide) groups is 1. The smallest absolute Gasteiger partial charge is 0.239 e. The number of aliphatic hydroxyl groups excluding tert-OH is 1. The third-order valence-corrected chi connectivity index (χ3v) is 4.29. The molecule has 1 saturated heterocycles. The lowest BCUT2D eigenvalue weighted by atomic mass is 10.1. The molecule has 96 valence electrons. The van der Waals surface area contributed by atoms with Crippen LogP contribution in [0.25, 0.3) is 0 Å². The summed E-state index contributed by atoms with van der Waals surface area (Å²) in [6.45, 7) is 0.670. The first-order valence-electron chi connectivity index (χ1n) is 5.97. The molecular formula is C11H18N2O3S. The van der Waals surface area contributed by atoms with Crippen LogP contribution in [0.3, 0.4) is 0 Å². The van der Waals surface area contributed by atoms with Crippen LogP contribution in [-0.4, -0.2) is 52.6 Å². The molecule has 1 aliphatic heterocycles. The lowest BCUT2D eigenvalue weighted by Gasteiger charge is -2.17. The van der Waals surface area contributed by atoms with E-state index in [0.29, 0.717) is 18.2 Å². The first-order valence-corrected chi connectivity index (χ1v) is 7.12. The number of amides is 2. The van der Waals surface area contributed by atoms with Gasteiger partial charge in [-0.1, -0.05) is 6.42 Å². The molecule has 0 radical (unpaired) electrons. The summed E-state index contributed by atoms with van der Waals surface area (Å²) in [5.41, 5.74) is 0. The Hall–Kier alpha value is -0.750. The summed E-state index contributed by atoms with van der Waals surface area (Å²) in [5, 5.41) is 12.4. The Kier molecular flexibility index (Phi) is 4.28. The van der Waals surface area contributed by atoms with Crippen molar-refractivity contribution in [2.45, 2.75) is 25.4 Å². The van der Waals surface area contributed by atoms with E-state index in [4.69, 9.17) is 0 Å². The molecule has 0 bridgehead atoms. The highest BCUT2D eigenvalue weighted by Crippen LogP contribution is 2.24. The van der Waals surface area contributed by atoms with Gasteiger partial charge in [0.15, 0.2) is 0 Å². The zero-order chi connectivity index (χ0) is 12.3. The Balaban J connectivity index is 1.68. The minimum absolute atomic E-state index is 0.0334. The van der Waals surface area contributed by atoms with Crippen molar-refractivity contribution >= 4 is 23.6 Å². The van der Waals surface area contributed by atoms with Gasteiger partial charge in [0, 0.05) is 12.5 Å². The van der Waals surface area contributed by atoms with E-state index in [-0.39, 0.29) is 30.4 Å². The molecule has 2 N–H and O–H groups in total. The maximum Gasteiger partial charge on any atom is 0.239 e. The SMILES string of the molecule is O=C(CN1CSCC1=O)NCC1CCCC1O. The van der Waals surface area contributed by atoms with Crippen LogP contribution in [0, 0.1) is 5.92 Å². The largest absolute Gasteiger partial charge is 0.393 e. The van der Waals surface area contributed by atoms with Crippen molar-refractivity contribution in [2.24, 2.45) is 5.92 Å². The second kappa shape index (κ2) is 5.73. The normalized spacial score (nSPS) is 28.8. The highest BCUT2D eigenvalue weighted by Gasteiger charge is 2.26. The van der Waals surface area contributed by atoms with Crippen molar-refractivity contribution < 1.29 is 14.7 Å². The Morgan fingerprint density at radius 3 is 2.94 bits per heavy atom. The fourth-order valence-corrected chi connectivity index (χ4v) is 3.17. The summed E-state index contributed by atoms with van der Waals surface area (Å²) >= 11 is 1.53. The van der Waals surface area contributed by atoms with Gasteiger partial charge in [0.2, 0.25) is 11.8 Å². The van der Waals surface area contributed by atoms with Crippen LogP contribution >= 0.6 is 11.8 Å². The van der Waals surface area contributed by atoms with Crippen LogP contribution in [-0.2, 0) is 9.59 Å². The first kappa shape index (κ1) is 12.7. The second-order valence-corrected chi connectivity index (χ2v) is 5.59. The Morgan fingerprint density at radius 1 is 1.53 bits per heavy atom. The molecule has 1 heterocycles. The predicted octanol–water partition coefficient (Wildman–Crippen LogP) is -0.204. The number of hydrogen-bond acceptors (Lipinski definition) is 4. The Morgan fingerprint density at radius 2 is 2.35 bits per heavy atom. The van der Waals surface area contributed by atoms with Gasteiger partial charge < -0.3 is 15.3 Å². The number of rotatable bonds is 4. The minimum atomic E-state index is -0.278. The molecule has 2 atom stereocenters. The number of nitrogens with zero attached hydrogens (tertiary/aromatic N) is 1. The molecule has 5 nitrogen and oxygen atoms in total. The van der Waals surface area contributed by atoms with E-state index in [0.717, 1.165) is 19.3 Å². The minimum Gasteiger partial charge on any atom is -0.393 e. The standard InChI is InChI=1S/C11H18N2O3S/c14-9-3-1-2-8(9)4-12-10(15)5-13-7-17-6-11(13)16/h8-9,14H,1-7H2,(H,12,15). The van der Waals surface area contributed by atoms with Crippen molar-refractivity contribution in [1.82, 2.24) is 10.2 Å². The Labute approximate surface area is 105 Å². The number of aliphatic hydroxyl groups is 1. The van der Waals surface area contributed by atoms with Crippen LogP contribution in [0.1, 0.15) is 19.3 Å². The molecule has 2 unspecified atom stereocenters. The molecule has 1 saturated carbocycles. The molecule has 17 heavy (non-hydrogen) atoms. The Bertz CT molecular complexity index is 311. The monoisotopic (exact) mass is 258 g/mol. The topological polar surface area (TPSA) is 69.6 Å². The van der Waals surface area contributed by atoms with Crippen LogP contribution in [0.4, 0.5) is 0 Å². The predicted molar refractivity (Wildman–Crippen MR) is 65.4 cm³/mol. The number of carbonyl (C=O) groups excluding carboxylic acids is 2. The fraction of sp³-hybridized carbons (Fsp3) is 0.818. The number of carbonyl (C=O) groups is 2. The van der Waals surface area contributed by atoms with Gasteiger partial charge in [0.05, 0.1) is 17.7 Å². The summed E-state index contributed by atoms with van der Waals surface area (Å²) in [4.78, 5) is 24.5. The summed E-state index contributed by atoms with van der Waals surface area (Å²) in [5.74, 6) is 1.18. The van der Waals surface area contributed by atoms with Crippen LogP contribution in [0.15, 0.2) is 0 Å². The van der Waals surface area contributed by atoms with E-state index in [9.17, 15) is 14.7 Å². The zero-order valence-electron chi connectivity index (χ0n) is 9.72. The molecule has 2 aliphatic rings. The van der Waals surface area contributed by atoms with Crippen molar-refractivity contribution in [3.8, 4) is 0 Å². The summed E-state index contributed by atoms with van der Waals surface area (Å²) in [6, 6.07) is 0. The maximum atomic E-state index is 11.6. The molecule has 0 spiro atoms. The molecule has 6 heteroatoms. The molecule has 0 aromatic rings. The average molecular weight is 258 g/mol. The molecule has 2 amide bonds. The van der Waals surface area contributed by atoms with Gasteiger partial charge in [-0.3, -0.25) is 9.59 Å². The van der Waals surface area contributed by atoms with Gasteiger partial charge in [-0.15, -0.1) is 11.8 Å². The van der Waals surface area contributed by atoms with Crippen molar-refractivity contribution in [2.75, 3.05) is 24.7 Å². The van der Waals surface area contributed by atoms with Gasteiger partial charge in [0.25, 0.3) is 0 Å². The van der Waals surface area contributed by atoms with Gasteiger partial charge in [0.1, 0.15) is 6.54 Å². The third-order valence-electron chi connectivity index (χ3n) is 3.34. The highest BCUT2D eigenvalue weighted by atomic mass is 32.2. The van der Waals surface area contributed by atoms with E-state index >= 15 is 0 Å². The van der Waals surface area contributed by atoms with E-state index in [2.05, 4.69) is 5.32 Å². The van der Waals surface area contributed by atoms with Gasteiger partial charge >= 0.3 is 0 Å². The molecule has 0 aromatic carbocycles. The van der Waals surface area contributed by atoms with E-state index in [1.807, 2.05) is 0 Å². The van der Waals surface area contributed by atoms with Gasteiger partial charge in [-0.2, -0.15) is 0 Å². The van der Waals surface area contributed by atoms with Crippen LogP contribution in [0.5, 0.6) is 0 Å². The fourth-order valence-electron chi connectivity index (χ4n) is 2.27. The van der Waals surface area contributed by atoms with Gasteiger partial charge in [-0.25, -0.2) is 0 Å². The van der Waals surface area contributed by atoms with Crippen LogP contribution < -0.4 is 5.32 Å². The van der Waals surface area contributed by atoms with E-state index in [1.165, 1.54) is 11.8 Å². The summed E-state index contributed by atoms with van der Waals surface area (Å²) in [6.07, 6.45) is 2.56. The molecule has 0 aromatic heterocycles. The first-order chi connectivity index (χ1) is 8.16. The lowest BCUT2D eigenvalue weighted by molar-refractivity contribution is -0.132. The van der Waals surface area contributed by atoms with E-state index < -0.39 is 0 Å². The zero-order valence-corrected chi connectivity index (χ0v) is 10.5. The van der Waals surface area contributed by atoms with Crippen molar-refractivity contribution in [3.63, 3.8) is 0 Å². The van der Waals surface area contributed by atoms with Gasteiger partial charge in [-0.05, 0) is 12.8 Å².